The summed E-state index contributed by atoms with van der Waals surface area (Å²) in [5.41, 5.74) is 3.76. The summed E-state index contributed by atoms with van der Waals surface area (Å²) in [5.74, 6) is 0.0344. The fourth-order valence-corrected chi connectivity index (χ4v) is 4.73. The van der Waals surface area contributed by atoms with Crippen LogP contribution in [0.4, 0.5) is 4.39 Å². The fourth-order valence-electron chi connectivity index (χ4n) is 3.75. The fraction of sp³-hybridized carbons (Fsp3) is 0.409. The quantitative estimate of drug-likeness (QED) is 0.645. The van der Waals surface area contributed by atoms with Gasteiger partial charge in [-0.3, -0.25) is 9.48 Å². The van der Waals surface area contributed by atoms with Gasteiger partial charge in [0.1, 0.15) is 12.4 Å². The molecule has 0 N–H and O–H groups in total. The summed E-state index contributed by atoms with van der Waals surface area (Å²) in [6.45, 7) is 7.84. The van der Waals surface area contributed by atoms with Crippen LogP contribution in [0.3, 0.4) is 0 Å². The van der Waals surface area contributed by atoms with E-state index in [0.29, 0.717) is 6.54 Å². The van der Waals surface area contributed by atoms with Crippen LogP contribution in [0.1, 0.15) is 41.0 Å². The Labute approximate surface area is 174 Å². The SMILES string of the molecule is Cc1nc2c(s1)CCN(C(=O)Cn1nc(-c3ccc(F)cc3)cc1C(C)C)CC2. The molecule has 0 spiro atoms. The summed E-state index contributed by atoms with van der Waals surface area (Å²) in [5, 5.41) is 5.77. The largest absolute Gasteiger partial charge is 0.340 e. The van der Waals surface area contributed by atoms with E-state index in [1.807, 2.05) is 17.9 Å². The van der Waals surface area contributed by atoms with Gasteiger partial charge >= 0.3 is 0 Å². The maximum atomic E-state index is 13.2. The molecule has 0 unspecified atom stereocenters. The number of carbonyl (C=O) groups is 1. The van der Waals surface area contributed by atoms with E-state index in [-0.39, 0.29) is 24.2 Å². The van der Waals surface area contributed by atoms with E-state index in [4.69, 9.17) is 0 Å². The number of halogens is 1. The van der Waals surface area contributed by atoms with Crippen LogP contribution in [0.5, 0.6) is 0 Å². The van der Waals surface area contributed by atoms with Gasteiger partial charge in [0.25, 0.3) is 0 Å². The third kappa shape index (κ3) is 4.24. The van der Waals surface area contributed by atoms with E-state index >= 15 is 0 Å². The lowest BCUT2D eigenvalue weighted by molar-refractivity contribution is -0.132. The van der Waals surface area contributed by atoms with Gasteiger partial charge in [0.2, 0.25) is 5.91 Å². The molecule has 152 valence electrons. The Morgan fingerprint density at radius 1 is 1.21 bits per heavy atom. The Morgan fingerprint density at radius 2 is 1.93 bits per heavy atom. The van der Waals surface area contributed by atoms with Crippen LogP contribution < -0.4 is 0 Å². The van der Waals surface area contributed by atoms with Gasteiger partial charge in [-0.2, -0.15) is 5.10 Å². The van der Waals surface area contributed by atoms with Crippen LogP contribution in [-0.4, -0.2) is 38.7 Å². The summed E-state index contributed by atoms with van der Waals surface area (Å²) in [6.07, 6.45) is 1.67. The van der Waals surface area contributed by atoms with Crippen LogP contribution in [0, 0.1) is 12.7 Å². The summed E-state index contributed by atoms with van der Waals surface area (Å²) in [4.78, 5) is 20.9. The van der Waals surface area contributed by atoms with Crippen molar-refractivity contribution in [3.63, 3.8) is 0 Å². The number of benzene rings is 1. The number of carbonyl (C=O) groups excluding carboxylic acids is 1. The highest BCUT2D eigenvalue weighted by atomic mass is 32.1. The molecule has 29 heavy (non-hydrogen) atoms. The molecule has 0 radical (unpaired) electrons. The van der Waals surface area contributed by atoms with Crippen molar-refractivity contribution in [3.8, 4) is 11.3 Å². The van der Waals surface area contributed by atoms with Crippen molar-refractivity contribution >= 4 is 17.2 Å². The van der Waals surface area contributed by atoms with E-state index in [2.05, 4.69) is 23.9 Å². The van der Waals surface area contributed by atoms with Gasteiger partial charge in [-0.15, -0.1) is 11.3 Å². The lowest BCUT2D eigenvalue weighted by Gasteiger charge is -2.21. The number of fused-ring (bicyclic) bond motifs is 1. The monoisotopic (exact) mass is 412 g/mol. The van der Waals surface area contributed by atoms with Gasteiger partial charge < -0.3 is 4.90 Å². The highest BCUT2D eigenvalue weighted by molar-refractivity contribution is 7.11. The van der Waals surface area contributed by atoms with Crippen molar-refractivity contribution in [1.82, 2.24) is 19.7 Å². The zero-order valence-electron chi connectivity index (χ0n) is 17.0. The molecular formula is C22H25FN4OS. The van der Waals surface area contributed by atoms with Crippen molar-refractivity contribution in [2.24, 2.45) is 0 Å². The Kier molecular flexibility index (Phi) is 5.50. The molecular weight excluding hydrogens is 387 g/mol. The van der Waals surface area contributed by atoms with Gasteiger partial charge in [0.15, 0.2) is 0 Å². The van der Waals surface area contributed by atoms with Crippen LogP contribution >= 0.6 is 11.3 Å². The number of hydrogen-bond donors (Lipinski definition) is 0. The molecule has 5 nitrogen and oxygen atoms in total. The molecule has 0 aliphatic carbocycles. The maximum absolute atomic E-state index is 13.2. The summed E-state index contributed by atoms with van der Waals surface area (Å²) in [6, 6.07) is 8.30. The molecule has 7 heteroatoms. The van der Waals surface area contributed by atoms with Crippen molar-refractivity contribution in [1.29, 1.82) is 0 Å². The molecule has 1 aliphatic heterocycles. The molecule has 2 aromatic heterocycles. The van der Waals surface area contributed by atoms with Gasteiger partial charge in [-0.25, -0.2) is 9.37 Å². The third-order valence-electron chi connectivity index (χ3n) is 5.29. The van der Waals surface area contributed by atoms with Crippen LogP contribution in [0.15, 0.2) is 30.3 Å². The van der Waals surface area contributed by atoms with Crippen LogP contribution in [0.25, 0.3) is 11.3 Å². The molecule has 1 aliphatic rings. The zero-order chi connectivity index (χ0) is 20.5. The van der Waals surface area contributed by atoms with Gasteiger partial charge in [-0.05, 0) is 43.2 Å². The first-order valence-corrected chi connectivity index (χ1v) is 10.8. The molecule has 1 amide bonds. The van der Waals surface area contributed by atoms with Gasteiger partial charge in [-0.1, -0.05) is 13.8 Å². The lowest BCUT2D eigenvalue weighted by Crippen LogP contribution is -2.36. The zero-order valence-corrected chi connectivity index (χ0v) is 17.8. The molecule has 3 aromatic rings. The van der Waals surface area contributed by atoms with E-state index in [1.54, 1.807) is 28.2 Å². The Hall–Kier alpha value is -2.54. The first kappa shape index (κ1) is 19.8. The normalized spacial score (nSPS) is 14.2. The van der Waals surface area contributed by atoms with Gasteiger partial charge in [0.05, 0.1) is 16.4 Å². The number of amides is 1. The molecule has 0 fully saturated rings. The van der Waals surface area contributed by atoms with Gasteiger partial charge in [0, 0.05) is 42.1 Å². The van der Waals surface area contributed by atoms with E-state index in [0.717, 1.165) is 47.0 Å². The van der Waals surface area contributed by atoms with E-state index < -0.39 is 0 Å². The summed E-state index contributed by atoms with van der Waals surface area (Å²) in [7, 11) is 0. The molecule has 3 heterocycles. The Bertz CT molecular complexity index is 997. The summed E-state index contributed by atoms with van der Waals surface area (Å²) >= 11 is 1.74. The number of aromatic nitrogens is 3. The standard InChI is InChI=1S/C22H25FN4OS/c1-14(2)20-12-19(16-4-6-17(23)7-5-16)25-27(20)13-22(28)26-10-8-18-21(9-11-26)29-15(3)24-18/h4-7,12,14H,8-11,13H2,1-3H3. The molecule has 0 atom stereocenters. The van der Waals surface area contributed by atoms with Crippen LogP contribution in [0.2, 0.25) is 0 Å². The maximum Gasteiger partial charge on any atom is 0.244 e. The van der Waals surface area contributed by atoms with E-state index in [9.17, 15) is 9.18 Å². The molecule has 0 saturated carbocycles. The van der Waals surface area contributed by atoms with Crippen molar-refractivity contribution in [2.45, 2.75) is 46.1 Å². The summed E-state index contributed by atoms with van der Waals surface area (Å²) < 4.78 is 15.0. The highest BCUT2D eigenvalue weighted by Gasteiger charge is 2.23. The van der Waals surface area contributed by atoms with Crippen molar-refractivity contribution in [3.05, 3.63) is 57.4 Å². The number of nitrogens with zero attached hydrogens (tertiary/aromatic N) is 4. The predicted molar refractivity (Wildman–Crippen MR) is 113 cm³/mol. The molecule has 4 rings (SSSR count). The van der Waals surface area contributed by atoms with E-state index in [1.165, 1.54) is 17.0 Å². The van der Waals surface area contributed by atoms with Crippen molar-refractivity contribution < 1.29 is 9.18 Å². The number of rotatable bonds is 4. The average Bonchev–Trinajstić information content (AvgIpc) is 3.20. The van der Waals surface area contributed by atoms with Crippen molar-refractivity contribution in [2.75, 3.05) is 13.1 Å². The highest BCUT2D eigenvalue weighted by Crippen LogP contribution is 2.25. The first-order chi connectivity index (χ1) is 13.9. The number of aryl methyl sites for hydroxylation is 1. The molecule has 0 bridgehead atoms. The molecule has 0 saturated heterocycles. The number of hydrogen-bond acceptors (Lipinski definition) is 4. The lowest BCUT2D eigenvalue weighted by atomic mass is 10.1. The second-order valence-corrected chi connectivity index (χ2v) is 9.04. The second kappa shape index (κ2) is 8.06. The minimum Gasteiger partial charge on any atom is -0.340 e. The topological polar surface area (TPSA) is 51.0 Å². The predicted octanol–water partition coefficient (Wildman–Crippen LogP) is 4.20. The first-order valence-electron chi connectivity index (χ1n) is 9.97. The average molecular weight is 413 g/mol. The third-order valence-corrected chi connectivity index (χ3v) is 6.37. The number of thiazole rings is 1. The molecule has 1 aromatic carbocycles. The second-order valence-electron chi connectivity index (χ2n) is 7.76. The minimum atomic E-state index is -0.271. The Balaban J connectivity index is 1.51. The van der Waals surface area contributed by atoms with Crippen LogP contribution in [-0.2, 0) is 24.2 Å². The smallest absolute Gasteiger partial charge is 0.244 e. The minimum absolute atomic E-state index is 0.0764. The Morgan fingerprint density at radius 3 is 2.66 bits per heavy atom.